The first-order valence-electron chi connectivity index (χ1n) is 7.18. The summed E-state index contributed by atoms with van der Waals surface area (Å²) < 4.78 is 11.8. The standard InChI is InChI=1S/C16H14BrNO5S/c17-11-7-10(8-15(20)21)1-2-12(11)22-5-4-18-14(19)9-23-13-3-6-24-16(13)18/h1-3,6-7H,4-5,8-9H2,(H,20,21). The normalized spacial score (nSPS) is 13.4. The molecule has 0 saturated carbocycles. The zero-order chi connectivity index (χ0) is 17.1. The quantitative estimate of drug-likeness (QED) is 0.790. The fourth-order valence-corrected chi connectivity index (χ4v) is 3.77. The second-order valence-electron chi connectivity index (χ2n) is 5.11. The van der Waals surface area contributed by atoms with Crippen molar-refractivity contribution in [3.63, 3.8) is 0 Å². The zero-order valence-corrected chi connectivity index (χ0v) is 14.9. The van der Waals surface area contributed by atoms with Crippen molar-refractivity contribution in [3.05, 3.63) is 39.7 Å². The second kappa shape index (κ2) is 7.23. The average molecular weight is 412 g/mol. The largest absolute Gasteiger partial charge is 0.491 e. The van der Waals surface area contributed by atoms with Crippen LogP contribution in [0.25, 0.3) is 0 Å². The number of halogens is 1. The molecule has 24 heavy (non-hydrogen) atoms. The number of amides is 1. The van der Waals surface area contributed by atoms with Crippen molar-refractivity contribution in [2.45, 2.75) is 6.42 Å². The Kier molecular flexibility index (Phi) is 5.06. The number of thiophene rings is 1. The molecule has 0 spiro atoms. The van der Waals surface area contributed by atoms with Gasteiger partial charge in [0.1, 0.15) is 17.4 Å². The van der Waals surface area contributed by atoms with E-state index in [4.69, 9.17) is 14.6 Å². The lowest BCUT2D eigenvalue weighted by atomic mass is 10.1. The Bertz CT molecular complexity index is 776. The van der Waals surface area contributed by atoms with Gasteiger partial charge in [-0.3, -0.25) is 14.5 Å². The molecule has 1 aromatic heterocycles. The van der Waals surface area contributed by atoms with Crippen molar-refractivity contribution in [2.24, 2.45) is 0 Å². The molecule has 6 nitrogen and oxygen atoms in total. The fraction of sp³-hybridized carbons (Fsp3) is 0.250. The van der Waals surface area contributed by atoms with E-state index in [-0.39, 0.29) is 18.9 Å². The van der Waals surface area contributed by atoms with Crippen molar-refractivity contribution >= 4 is 44.1 Å². The first kappa shape index (κ1) is 16.8. The number of hydrogen-bond donors (Lipinski definition) is 1. The average Bonchev–Trinajstić information content (AvgIpc) is 2.99. The molecule has 0 fully saturated rings. The molecule has 0 unspecified atom stereocenters. The molecule has 2 heterocycles. The first-order chi connectivity index (χ1) is 11.5. The van der Waals surface area contributed by atoms with Crippen molar-refractivity contribution in [3.8, 4) is 11.5 Å². The predicted octanol–water partition coefficient (Wildman–Crippen LogP) is 2.94. The van der Waals surface area contributed by atoms with Crippen molar-refractivity contribution < 1.29 is 24.2 Å². The highest BCUT2D eigenvalue weighted by Crippen LogP contribution is 2.37. The number of carbonyl (C=O) groups is 2. The lowest BCUT2D eigenvalue weighted by Crippen LogP contribution is -2.40. The monoisotopic (exact) mass is 411 g/mol. The van der Waals surface area contributed by atoms with Gasteiger partial charge < -0.3 is 14.6 Å². The van der Waals surface area contributed by atoms with Gasteiger partial charge in [-0.1, -0.05) is 6.07 Å². The summed E-state index contributed by atoms with van der Waals surface area (Å²) in [6, 6.07) is 7.00. The molecule has 2 aromatic rings. The van der Waals surface area contributed by atoms with E-state index in [2.05, 4.69) is 15.9 Å². The van der Waals surface area contributed by atoms with Crippen LogP contribution in [0.1, 0.15) is 5.56 Å². The number of carbonyl (C=O) groups excluding carboxylic acids is 1. The third kappa shape index (κ3) is 3.70. The number of anilines is 1. The molecular formula is C16H14BrNO5S. The van der Waals surface area contributed by atoms with E-state index in [0.717, 1.165) is 10.8 Å². The first-order valence-corrected chi connectivity index (χ1v) is 8.85. The molecule has 0 atom stereocenters. The minimum atomic E-state index is -0.881. The number of ether oxygens (including phenoxy) is 2. The lowest BCUT2D eigenvalue weighted by molar-refractivity contribution is -0.136. The highest BCUT2D eigenvalue weighted by atomic mass is 79.9. The summed E-state index contributed by atoms with van der Waals surface area (Å²) >= 11 is 4.83. The molecule has 0 aliphatic carbocycles. The van der Waals surface area contributed by atoms with Crippen molar-refractivity contribution in [1.29, 1.82) is 0 Å². The van der Waals surface area contributed by atoms with Gasteiger partial charge in [0.25, 0.3) is 5.91 Å². The van der Waals surface area contributed by atoms with Gasteiger partial charge in [0, 0.05) is 0 Å². The summed E-state index contributed by atoms with van der Waals surface area (Å²) in [4.78, 5) is 24.4. The maximum absolute atomic E-state index is 12.0. The fourth-order valence-electron chi connectivity index (χ4n) is 2.35. The van der Waals surface area contributed by atoms with Gasteiger partial charge in [-0.2, -0.15) is 0 Å². The molecule has 1 aliphatic rings. The molecule has 0 bridgehead atoms. The minimum Gasteiger partial charge on any atom is -0.491 e. The summed E-state index contributed by atoms with van der Waals surface area (Å²) in [6.07, 6.45) is -0.0394. The minimum absolute atomic E-state index is 0.0390. The Morgan fingerprint density at radius 3 is 3.00 bits per heavy atom. The SMILES string of the molecule is O=C(O)Cc1ccc(OCCN2C(=O)COc3ccsc32)c(Br)c1. The summed E-state index contributed by atoms with van der Waals surface area (Å²) in [7, 11) is 0. The number of aliphatic carboxylic acids is 1. The van der Waals surface area contributed by atoms with Crippen LogP contribution < -0.4 is 14.4 Å². The number of fused-ring (bicyclic) bond motifs is 1. The summed E-state index contributed by atoms with van der Waals surface area (Å²) in [5.74, 6) is 0.354. The molecule has 0 saturated heterocycles. The molecule has 3 rings (SSSR count). The third-order valence-corrected chi connectivity index (χ3v) is 4.97. The summed E-state index contributed by atoms with van der Waals surface area (Å²) in [6.45, 7) is 0.774. The number of carboxylic acid groups (broad SMARTS) is 1. The van der Waals surface area contributed by atoms with Crippen molar-refractivity contribution in [2.75, 3.05) is 24.7 Å². The van der Waals surface area contributed by atoms with E-state index in [9.17, 15) is 9.59 Å². The Labute approximate surface area is 150 Å². The van der Waals surface area contributed by atoms with E-state index in [1.807, 2.05) is 11.4 Å². The van der Waals surface area contributed by atoms with Crippen LogP contribution in [0.4, 0.5) is 5.00 Å². The van der Waals surface area contributed by atoms with Gasteiger partial charge in [-0.25, -0.2) is 0 Å². The van der Waals surface area contributed by atoms with Crippen LogP contribution in [0.5, 0.6) is 11.5 Å². The van der Waals surface area contributed by atoms with E-state index in [0.29, 0.717) is 28.9 Å². The van der Waals surface area contributed by atoms with Crippen LogP contribution in [0, 0.1) is 0 Å². The lowest BCUT2D eigenvalue weighted by Gasteiger charge is -2.26. The highest BCUT2D eigenvalue weighted by Gasteiger charge is 2.26. The van der Waals surface area contributed by atoms with Crippen molar-refractivity contribution in [1.82, 2.24) is 0 Å². The van der Waals surface area contributed by atoms with Crippen LogP contribution in [0.3, 0.4) is 0 Å². The molecule has 8 heteroatoms. The molecule has 1 aromatic carbocycles. The van der Waals surface area contributed by atoms with Gasteiger partial charge in [0.2, 0.25) is 0 Å². The predicted molar refractivity (Wildman–Crippen MR) is 93.1 cm³/mol. The summed E-state index contributed by atoms with van der Waals surface area (Å²) in [5.41, 5.74) is 0.688. The maximum atomic E-state index is 12.0. The van der Waals surface area contributed by atoms with E-state index < -0.39 is 5.97 Å². The molecular weight excluding hydrogens is 398 g/mol. The van der Waals surface area contributed by atoms with Crippen LogP contribution in [-0.4, -0.2) is 36.7 Å². The topological polar surface area (TPSA) is 76.1 Å². The van der Waals surface area contributed by atoms with Gasteiger partial charge >= 0.3 is 5.97 Å². The van der Waals surface area contributed by atoms with E-state index in [1.54, 1.807) is 23.1 Å². The Hall–Kier alpha value is -2.06. The molecule has 126 valence electrons. The molecule has 1 amide bonds. The van der Waals surface area contributed by atoms with Gasteiger partial charge in [0.05, 0.1) is 17.4 Å². The number of carboxylic acids is 1. The molecule has 0 radical (unpaired) electrons. The van der Waals surface area contributed by atoms with E-state index >= 15 is 0 Å². The van der Waals surface area contributed by atoms with Crippen LogP contribution >= 0.6 is 27.3 Å². The smallest absolute Gasteiger partial charge is 0.307 e. The number of rotatable bonds is 6. The number of hydrogen-bond acceptors (Lipinski definition) is 5. The Morgan fingerprint density at radius 1 is 1.42 bits per heavy atom. The summed E-state index contributed by atoms with van der Waals surface area (Å²) in [5, 5.41) is 11.5. The third-order valence-electron chi connectivity index (χ3n) is 3.43. The number of benzene rings is 1. The van der Waals surface area contributed by atoms with Gasteiger partial charge in [0.15, 0.2) is 12.4 Å². The molecule has 1 N–H and O–H groups in total. The molecule has 1 aliphatic heterocycles. The van der Waals surface area contributed by atoms with Crippen LogP contribution in [-0.2, 0) is 16.0 Å². The Balaban J connectivity index is 1.61. The van der Waals surface area contributed by atoms with Gasteiger partial charge in [-0.15, -0.1) is 11.3 Å². The van der Waals surface area contributed by atoms with Crippen LogP contribution in [0.2, 0.25) is 0 Å². The highest BCUT2D eigenvalue weighted by molar-refractivity contribution is 9.10. The van der Waals surface area contributed by atoms with Gasteiger partial charge in [-0.05, 0) is 45.1 Å². The van der Waals surface area contributed by atoms with E-state index in [1.165, 1.54) is 11.3 Å². The maximum Gasteiger partial charge on any atom is 0.307 e. The second-order valence-corrected chi connectivity index (χ2v) is 6.86. The van der Waals surface area contributed by atoms with Crippen LogP contribution in [0.15, 0.2) is 34.1 Å². The zero-order valence-electron chi connectivity index (χ0n) is 12.5. The number of nitrogens with zero attached hydrogens (tertiary/aromatic N) is 1. The Morgan fingerprint density at radius 2 is 2.25 bits per heavy atom.